The van der Waals surface area contributed by atoms with Crippen molar-refractivity contribution in [3.05, 3.63) is 47.5 Å². The Kier molecular flexibility index (Phi) is 7.30. The van der Waals surface area contributed by atoms with E-state index in [4.69, 9.17) is 4.74 Å². The maximum absolute atomic E-state index is 12.1. The van der Waals surface area contributed by atoms with Gasteiger partial charge in [-0.15, -0.1) is 0 Å². The van der Waals surface area contributed by atoms with Crippen LogP contribution in [0.5, 0.6) is 23.0 Å². The molecule has 1 unspecified atom stereocenters. The maximum Gasteiger partial charge on any atom is 0.260 e. The average Bonchev–Trinajstić information content (AvgIpc) is 2.68. The predicted octanol–water partition coefficient (Wildman–Crippen LogP) is 2.24. The second-order valence-corrected chi connectivity index (χ2v) is 6.89. The molecule has 0 bridgehead atoms. The van der Waals surface area contributed by atoms with Crippen molar-refractivity contribution in [1.29, 1.82) is 0 Å². The van der Waals surface area contributed by atoms with Gasteiger partial charge in [0.05, 0.1) is 0 Å². The third-order valence-electron chi connectivity index (χ3n) is 4.27. The molecule has 0 spiro atoms. The highest BCUT2D eigenvalue weighted by molar-refractivity contribution is 5.95. The van der Waals surface area contributed by atoms with Gasteiger partial charge in [0.2, 0.25) is 0 Å². The van der Waals surface area contributed by atoms with E-state index in [0.717, 1.165) is 12.1 Å². The van der Waals surface area contributed by atoms with Gasteiger partial charge in [-0.2, -0.15) is 0 Å². The fraction of sp³-hybridized carbons (Fsp3) is 0.333. The summed E-state index contributed by atoms with van der Waals surface area (Å²) in [6.07, 6.45) is -0.707. The van der Waals surface area contributed by atoms with Crippen LogP contribution in [0.2, 0.25) is 0 Å². The summed E-state index contributed by atoms with van der Waals surface area (Å²) in [5, 5.41) is 33.4. The molecular weight excluding hydrogens is 376 g/mol. The van der Waals surface area contributed by atoms with Crippen molar-refractivity contribution in [2.24, 2.45) is 0 Å². The average molecular weight is 402 g/mol. The molecule has 1 atom stereocenters. The van der Waals surface area contributed by atoms with Crippen LogP contribution in [0.15, 0.2) is 36.4 Å². The van der Waals surface area contributed by atoms with Crippen LogP contribution in [-0.2, 0) is 4.79 Å². The van der Waals surface area contributed by atoms with Crippen LogP contribution in [0.4, 0.5) is 0 Å². The number of carbonyl (C=O) groups excluding carboxylic acids is 2. The minimum atomic E-state index is -0.707. The van der Waals surface area contributed by atoms with Crippen LogP contribution < -0.4 is 15.4 Å². The summed E-state index contributed by atoms with van der Waals surface area (Å²) in [5.41, 5.74) is 1.16. The Morgan fingerprint density at radius 2 is 1.48 bits per heavy atom. The molecule has 5 N–H and O–H groups in total. The van der Waals surface area contributed by atoms with E-state index in [2.05, 4.69) is 24.5 Å². The maximum atomic E-state index is 12.1. The summed E-state index contributed by atoms with van der Waals surface area (Å²) >= 11 is 0. The lowest BCUT2D eigenvalue weighted by Crippen LogP contribution is -2.40. The van der Waals surface area contributed by atoms with Crippen LogP contribution in [0.1, 0.15) is 42.6 Å². The number of amides is 2. The Morgan fingerprint density at radius 3 is 2.03 bits per heavy atom. The zero-order valence-corrected chi connectivity index (χ0v) is 16.6. The molecule has 2 aromatic carbocycles. The van der Waals surface area contributed by atoms with Gasteiger partial charge in [0, 0.05) is 18.7 Å². The Hall–Kier alpha value is -3.42. The normalized spacial score (nSPS) is 11.7. The van der Waals surface area contributed by atoms with E-state index in [1.807, 2.05) is 24.3 Å². The van der Waals surface area contributed by atoms with Crippen LogP contribution in [0, 0.1) is 0 Å². The standard InChI is InChI=1S/C21H26N2O6/c1-12(2)14-4-6-16(7-5-14)29-13(3)20(27)22-8-9-23-21(28)15-10-17(24)19(26)18(25)11-15/h4-7,10-13,24-26H,8-9H2,1-3H3,(H,22,27)(H,23,28). The van der Waals surface area contributed by atoms with Crippen LogP contribution in [0.3, 0.4) is 0 Å². The number of ether oxygens (including phenoxy) is 1. The molecule has 2 rings (SSSR count). The van der Waals surface area contributed by atoms with Crippen molar-refractivity contribution >= 4 is 11.8 Å². The number of rotatable bonds is 8. The number of phenols is 3. The summed E-state index contributed by atoms with van der Waals surface area (Å²) in [6, 6.07) is 9.62. The van der Waals surface area contributed by atoms with E-state index < -0.39 is 29.3 Å². The molecule has 2 amide bonds. The predicted molar refractivity (Wildman–Crippen MR) is 107 cm³/mol. The van der Waals surface area contributed by atoms with Crippen molar-refractivity contribution in [2.75, 3.05) is 13.1 Å². The van der Waals surface area contributed by atoms with Gasteiger partial charge in [-0.05, 0) is 42.7 Å². The molecule has 0 aliphatic rings. The van der Waals surface area contributed by atoms with E-state index in [1.54, 1.807) is 6.92 Å². The van der Waals surface area contributed by atoms with Gasteiger partial charge < -0.3 is 30.7 Å². The number of phenolic OH excluding ortho intramolecular Hbond substituents is 3. The van der Waals surface area contributed by atoms with Crippen molar-refractivity contribution in [1.82, 2.24) is 10.6 Å². The highest BCUT2D eigenvalue weighted by atomic mass is 16.5. The fourth-order valence-electron chi connectivity index (χ4n) is 2.53. The lowest BCUT2D eigenvalue weighted by molar-refractivity contribution is -0.127. The Morgan fingerprint density at radius 1 is 0.931 bits per heavy atom. The molecule has 8 heteroatoms. The summed E-state index contributed by atoms with van der Waals surface area (Å²) in [5.74, 6) is -1.79. The first kappa shape index (κ1) is 21.9. The first-order chi connectivity index (χ1) is 13.7. The smallest absolute Gasteiger partial charge is 0.260 e. The molecule has 2 aromatic rings. The molecule has 0 aromatic heterocycles. The third kappa shape index (κ3) is 6.03. The highest BCUT2D eigenvalue weighted by Gasteiger charge is 2.15. The van der Waals surface area contributed by atoms with E-state index >= 15 is 0 Å². The van der Waals surface area contributed by atoms with Crippen molar-refractivity contribution in [2.45, 2.75) is 32.8 Å². The zero-order valence-electron chi connectivity index (χ0n) is 16.6. The number of hydrogen-bond acceptors (Lipinski definition) is 6. The molecular formula is C21H26N2O6. The first-order valence-corrected chi connectivity index (χ1v) is 9.26. The lowest BCUT2D eigenvalue weighted by Gasteiger charge is -2.15. The molecule has 0 aliphatic heterocycles. The minimum absolute atomic E-state index is 0.0225. The first-order valence-electron chi connectivity index (χ1n) is 9.26. The number of carbonyl (C=O) groups is 2. The van der Waals surface area contributed by atoms with Gasteiger partial charge in [-0.25, -0.2) is 0 Å². The van der Waals surface area contributed by atoms with E-state index in [-0.39, 0.29) is 24.6 Å². The number of nitrogens with one attached hydrogen (secondary N) is 2. The van der Waals surface area contributed by atoms with Crippen LogP contribution >= 0.6 is 0 Å². The summed E-state index contributed by atoms with van der Waals surface area (Å²) < 4.78 is 5.62. The van der Waals surface area contributed by atoms with Gasteiger partial charge in [0.1, 0.15) is 5.75 Å². The van der Waals surface area contributed by atoms with Gasteiger partial charge >= 0.3 is 0 Å². The summed E-state index contributed by atoms with van der Waals surface area (Å²) in [4.78, 5) is 24.1. The zero-order chi connectivity index (χ0) is 21.6. The SMILES string of the molecule is CC(Oc1ccc(C(C)C)cc1)C(=O)NCCNC(=O)c1cc(O)c(O)c(O)c1. The quantitative estimate of drug-likeness (QED) is 0.340. The number of benzene rings is 2. The highest BCUT2D eigenvalue weighted by Crippen LogP contribution is 2.35. The third-order valence-corrected chi connectivity index (χ3v) is 4.27. The Labute approximate surface area is 169 Å². The van der Waals surface area contributed by atoms with E-state index in [1.165, 1.54) is 5.56 Å². The monoisotopic (exact) mass is 402 g/mol. The molecule has 0 saturated heterocycles. The largest absolute Gasteiger partial charge is 0.504 e. The van der Waals surface area contributed by atoms with E-state index in [9.17, 15) is 24.9 Å². The summed E-state index contributed by atoms with van der Waals surface area (Å²) in [6.45, 7) is 6.12. The topological polar surface area (TPSA) is 128 Å². The van der Waals surface area contributed by atoms with Crippen molar-refractivity contribution in [3.8, 4) is 23.0 Å². The number of hydrogen-bond donors (Lipinski definition) is 5. The minimum Gasteiger partial charge on any atom is -0.504 e. The van der Waals surface area contributed by atoms with Gasteiger partial charge in [-0.3, -0.25) is 9.59 Å². The van der Waals surface area contributed by atoms with Gasteiger partial charge in [0.15, 0.2) is 23.4 Å². The molecule has 0 fully saturated rings. The Bertz CT molecular complexity index is 841. The molecule has 0 heterocycles. The van der Waals surface area contributed by atoms with Crippen molar-refractivity contribution < 1.29 is 29.6 Å². The molecule has 156 valence electrons. The lowest BCUT2D eigenvalue weighted by atomic mass is 10.0. The molecule has 29 heavy (non-hydrogen) atoms. The fourth-order valence-corrected chi connectivity index (χ4v) is 2.53. The van der Waals surface area contributed by atoms with Gasteiger partial charge in [0.25, 0.3) is 11.8 Å². The van der Waals surface area contributed by atoms with Gasteiger partial charge in [-0.1, -0.05) is 26.0 Å². The van der Waals surface area contributed by atoms with Crippen LogP contribution in [-0.4, -0.2) is 46.3 Å². The molecule has 8 nitrogen and oxygen atoms in total. The molecule has 0 aliphatic carbocycles. The Balaban J connectivity index is 1.76. The molecule has 0 saturated carbocycles. The second kappa shape index (κ2) is 9.68. The summed E-state index contributed by atoms with van der Waals surface area (Å²) in [7, 11) is 0. The second-order valence-electron chi connectivity index (χ2n) is 6.89. The molecule has 0 radical (unpaired) electrons. The van der Waals surface area contributed by atoms with E-state index in [0.29, 0.717) is 11.7 Å². The number of aromatic hydroxyl groups is 3. The van der Waals surface area contributed by atoms with Crippen LogP contribution in [0.25, 0.3) is 0 Å². The van der Waals surface area contributed by atoms with Crippen molar-refractivity contribution in [3.63, 3.8) is 0 Å².